The highest BCUT2D eigenvalue weighted by Gasteiger charge is 2.70. The molecule has 1 aliphatic carbocycles. The fourth-order valence-electron chi connectivity index (χ4n) is 3.85. The molecule has 16 heteroatoms. The summed E-state index contributed by atoms with van der Waals surface area (Å²) in [5.74, 6) is -1.76. The highest BCUT2D eigenvalue weighted by molar-refractivity contribution is 5.77. The molecule has 1 unspecified atom stereocenters. The van der Waals surface area contributed by atoms with E-state index in [4.69, 9.17) is 9.84 Å². The summed E-state index contributed by atoms with van der Waals surface area (Å²) in [5.41, 5.74) is -7.27. The summed E-state index contributed by atoms with van der Waals surface area (Å²) >= 11 is 0. The van der Waals surface area contributed by atoms with E-state index in [9.17, 15) is 53.9 Å². The summed E-state index contributed by atoms with van der Waals surface area (Å²) in [6.07, 6.45) is -12.8. The molecule has 0 heterocycles. The summed E-state index contributed by atoms with van der Waals surface area (Å²) in [6, 6.07) is 0. The van der Waals surface area contributed by atoms with Crippen molar-refractivity contribution in [3.05, 3.63) is 0 Å². The van der Waals surface area contributed by atoms with Gasteiger partial charge in [-0.05, 0) is 99.8 Å². The lowest BCUT2D eigenvalue weighted by atomic mass is 9.89. The van der Waals surface area contributed by atoms with Crippen molar-refractivity contribution in [1.82, 2.24) is 0 Å². The zero-order valence-corrected chi connectivity index (χ0v) is 30.4. The third-order valence-corrected chi connectivity index (χ3v) is 8.97. The average Bonchev–Trinajstić information content (AvgIpc) is 3.43. The van der Waals surface area contributed by atoms with E-state index in [1.165, 1.54) is 26.7 Å². The van der Waals surface area contributed by atoms with Crippen LogP contribution in [0.25, 0.3) is 0 Å². The van der Waals surface area contributed by atoms with Crippen molar-refractivity contribution in [2.45, 2.75) is 170 Å². The molecule has 292 valence electrons. The normalized spacial score (nSPS) is 16.3. The second-order valence-electron chi connectivity index (χ2n) is 14.3. The van der Waals surface area contributed by atoms with E-state index >= 15 is 0 Å². The van der Waals surface area contributed by atoms with Crippen LogP contribution in [0.1, 0.15) is 134 Å². The molecule has 0 saturated heterocycles. The number of esters is 3. The highest BCUT2D eigenvalue weighted by Crippen LogP contribution is 2.46. The molecular weight excluding hydrogens is 679 g/mol. The molecule has 1 fully saturated rings. The van der Waals surface area contributed by atoms with Crippen LogP contribution in [0.2, 0.25) is 0 Å². The van der Waals surface area contributed by atoms with Crippen LogP contribution in [0, 0.1) is 16.2 Å². The van der Waals surface area contributed by atoms with Crippen molar-refractivity contribution < 1.29 is 73.2 Å². The summed E-state index contributed by atoms with van der Waals surface area (Å²) in [6.45, 7) is 16.8. The predicted molar refractivity (Wildman–Crippen MR) is 164 cm³/mol. The molecule has 0 radical (unpaired) electrons. The largest absolute Gasteiger partial charge is 0.462 e. The Bertz CT molecular complexity index is 1030. The number of alkyl halides is 9. The molecule has 1 saturated carbocycles. The van der Waals surface area contributed by atoms with Crippen LogP contribution in [0.4, 0.5) is 39.5 Å². The van der Waals surface area contributed by atoms with Crippen LogP contribution < -0.4 is 0 Å². The van der Waals surface area contributed by atoms with Crippen molar-refractivity contribution in [1.29, 1.82) is 0 Å². The molecule has 0 bridgehead atoms. The zero-order valence-electron chi connectivity index (χ0n) is 30.4. The van der Waals surface area contributed by atoms with Crippen molar-refractivity contribution in [2.75, 3.05) is 6.61 Å². The fourth-order valence-corrected chi connectivity index (χ4v) is 3.85. The molecular formula is C33H55F9O7. The molecule has 7 nitrogen and oxygen atoms in total. The molecule has 1 atom stereocenters. The Labute approximate surface area is 284 Å². The van der Waals surface area contributed by atoms with Crippen molar-refractivity contribution in [3.8, 4) is 0 Å². The minimum atomic E-state index is -5.92. The van der Waals surface area contributed by atoms with Gasteiger partial charge < -0.3 is 19.3 Å². The first-order valence-electron chi connectivity index (χ1n) is 16.3. The van der Waals surface area contributed by atoms with E-state index < -0.39 is 66.0 Å². The van der Waals surface area contributed by atoms with Gasteiger partial charge in [0.2, 0.25) is 0 Å². The third kappa shape index (κ3) is 15.7. The molecule has 49 heavy (non-hydrogen) atoms. The lowest BCUT2D eigenvalue weighted by molar-refractivity contribution is -0.373. The summed E-state index contributed by atoms with van der Waals surface area (Å²) in [4.78, 5) is 34.6. The number of hydrogen-bond donors (Lipinski definition) is 1. The standard InChI is InChI=1S/C13H24O2.C12H18F6O3.C8H13F3O2/c1-5-12(3,4)11(14)15-13(6-2)9-7-8-10-13;1-5-9(3,4)8(19)21-7(2)6-10(20,11(13,14)15)12(16,17)18;1-4-7(2,3)6(12)13-5-8(9,10)11/h5-10H2,1-4H3;7,20H,5-6H2,1-4H3;4-5H2,1-3H3. The lowest BCUT2D eigenvalue weighted by Crippen LogP contribution is -2.58. The fraction of sp³-hybridized carbons (Fsp3) is 0.909. The number of halogens is 9. The van der Waals surface area contributed by atoms with E-state index in [1.807, 2.05) is 20.8 Å². The van der Waals surface area contributed by atoms with E-state index in [0.29, 0.717) is 12.8 Å². The Morgan fingerprint density at radius 3 is 1.37 bits per heavy atom. The Kier molecular flexibility index (Phi) is 18.2. The zero-order chi connectivity index (χ0) is 39.5. The predicted octanol–water partition coefficient (Wildman–Crippen LogP) is 9.82. The molecule has 1 rings (SSSR count). The number of aliphatic hydroxyl groups is 1. The molecule has 1 aliphatic rings. The van der Waals surface area contributed by atoms with Gasteiger partial charge in [0.15, 0.2) is 6.61 Å². The van der Waals surface area contributed by atoms with Crippen LogP contribution in [0.15, 0.2) is 0 Å². The van der Waals surface area contributed by atoms with Crippen molar-refractivity contribution >= 4 is 17.9 Å². The number of carbonyl (C=O) groups is 3. The topological polar surface area (TPSA) is 99.1 Å². The SMILES string of the molecule is CCC(C)(C)C(=O)OC(C)CC(O)(C(F)(F)F)C(F)(F)F.CCC(C)(C)C(=O)OCC(F)(F)F.CCC1(OC(=O)C(C)(C)CC)CCCC1. The lowest BCUT2D eigenvalue weighted by Gasteiger charge is -2.34. The Hall–Kier alpha value is -2.26. The van der Waals surface area contributed by atoms with Gasteiger partial charge >= 0.3 is 36.4 Å². The van der Waals surface area contributed by atoms with Crippen LogP contribution in [0.3, 0.4) is 0 Å². The summed E-state index contributed by atoms with van der Waals surface area (Å²) in [5, 5.41) is 8.99. The molecule has 0 aliphatic heterocycles. The molecule has 0 amide bonds. The van der Waals surface area contributed by atoms with E-state index in [2.05, 4.69) is 16.4 Å². The number of carbonyl (C=O) groups excluding carboxylic acids is 3. The van der Waals surface area contributed by atoms with Crippen LogP contribution in [-0.2, 0) is 28.6 Å². The quantitative estimate of drug-likeness (QED) is 0.121. The number of hydrogen-bond acceptors (Lipinski definition) is 7. The van der Waals surface area contributed by atoms with Crippen molar-refractivity contribution in [3.63, 3.8) is 0 Å². The Balaban J connectivity index is 0. The van der Waals surface area contributed by atoms with Crippen LogP contribution in [0.5, 0.6) is 0 Å². The van der Waals surface area contributed by atoms with Crippen LogP contribution >= 0.6 is 0 Å². The van der Waals surface area contributed by atoms with Gasteiger partial charge in [0, 0.05) is 6.42 Å². The molecule has 0 spiro atoms. The van der Waals surface area contributed by atoms with Gasteiger partial charge in [0.25, 0.3) is 5.60 Å². The second-order valence-corrected chi connectivity index (χ2v) is 14.3. The first-order valence-corrected chi connectivity index (χ1v) is 16.3. The van der Waals surface area contributed by atoms with Gasteiger partial charge in [-0.2, -0.15) is 39.5 Å². The maximum atomic E-state index is 12.5. The molecule has 0 aromatic rings. The van der Waals surface area contributed by atoms with Gasteiger partial charge in [0.05, 0.1) is 16.2 Å². The van der Waals surface area contributed by atoms with E-state index in [1.54, 1.807) is 27.7 Å². The van der Waals surface area contributed by atoms with Crippen LogP contribution in [-0.4, -0.2) is 65.5 Å². The van der Waals surface area contributed by atoms with Gasteiger partial charge in [-0.15, -0.1) is 0 Å². The van der Waals surface area contributed by atoms with Gasteiger partial charge in [-0.1, -0.05) is 27.7 Å². The van der Waals surface area contributed by atoms with Gasteiger partial charge in [-0.3, -0.25) is 14.4 Å². The maximum absolute atomic E-state index is 12.5. The van der Waals surface area contributed by atoms with Crippen molar-refractivity contribution in [2.24, 2.45) is 16.2 Å². The Morgan fingerprint density at radius 2 is 1.04 bits per heavy atom. The number of ether oxygens (including phenoxy) is 3. The summed E-state index contributed by atoms with van der Waals surface area (Å²) in [7, 11) is 0. The smallest absolute Gasteiger partial charge is 0.426 e. The Morgan fingerprint density at radius 1 is 0.673 bits per heavy atom. The van der Waals surface area contributed by atoms with Gasteiger partial charge in [0.1, 0.15) is 11.7 Å². The second kappa shape index (κ2) is 18.3. The average molecular weight is 735 g/mol. The molecule has 0 aromatic carbocycles. The minimum absolute atomic E-state index is 0.0197. The first kappa shape index (κ1) is 48.9. The van der Waals surface area contributed by atoms with E-state index in [0.717, 1.165) is 32.6 Å². The third-order valence-electron chi connectivity index (χ3n) is 8.97. The maximum Gasteiger partial charge on any atom is 0.426 e. The summed E-state index contributed by atoms with van der Waals surface area (Å²) < 4.78 is 124. The van der Waals surface area contributed by atoms with Gasteiger partial charge in [-0.25, -0.2) is 0 Å². The molecule has 1 N–H and O–H groups in total. The minimum Gasteiger partial charge on any atom is -0.462 e. The van der Waals surface area contributed by atoms with E-state index in [-0.39, 0.29) is 17.0 Å². The first-order chi connectivity index (χ1) is 21.7. The number of rotatable bonds is 12. The highest BCUT2D eigenvalue weighted by atomic mass is 19.4. The monoisotopic (exact) mass is 734 g/mol. The molecule has 0 aromatic heterocycles.